The lowest BCUT2D eigenvalue weighted by Gasteiger charge is -2.18. The largest absolute Gasteiger partial charge is 0.442 e. The molecule has 0 bridgehead atoms. The summed E-state index contributed by atoms with van der Waals surface area (Å²) in [4.78, 5) is 33.3. The normalized spacial score (nSPS) is 10.5. The van der Waals surface area contributed by atoms with Crippen molar-refractivity contribution in [2.45, 2.75) is 20.4 Å². The number of amides is 1. The second kappa shape index (κ2) is 6.09. The summed E-state index contributed by atoms with van der Waals surface area (Å²) >= 11 is 0. The van der Waals surface area contributed by atoms with Crippen LogP contribution < -0.4 is 5.76 Å². The molecule has 0 aliphatic carbocycles. The van der Waals surface area contributed by atoms with Gasteiger partial charge in [0.05, 0.1) is 6.20 Å². The van der Waals surface area contributed by atoms with Crippen LogP contribution in [0.3, 0.4) is 0 Å². The number of carbonyl (C=O) groups excluding carboxylic acids is 1. The summed E-state index contributed by atoms with van der Waals surface area (Å²) in [6.07, 6.45) is 4.44. The molecule has 0 N–H and O–H groups in total. The molecule has 2 aromatic rings. The zero-order chi connectivity index (χ0) is 14.5. The van der Waals surface area contributed by atoms with Gasteiger partial charge in [-0.3, -0.25) is 14.3 Å². The zero-order valence-electron chi connectivity index (χ0n) is 11.3. The lowest BCUT2D eigenvalue weighted by atomic mass is 10.4. The Morgan fingerprint density at radius 2 is 2.10 bits per heavy atom. The van der Waals surface area contributed by atoms with E-state index < -0.39 is 5.76 Å². The molecule has 0 aliphatic rings. The van der Waals surface area contributed by atoms with Crippen molar-refractivity contribution in [2.75, 3.05) is 13.1 Å². The fourth-order valence-corrected chi connectivity index (χ4v) is 1.82. The van der Waals surface area contributed by atoms with Crippen molar-refractivity contribution in [3.8, 4) is 11.5 Å². The molecule has 0 spiro atoms. The number of nitrogens with zero attached hydrogens (tertiary/aromatic N) is 5. The summed E-state index contributed by atoms with van der Waals surface area (Å²) in [5, 5.41) is 3.65. The van der Waals surface area contributed by atoms with Crippen LogP contribution in [0.5, 0.6) is 0 Å². The Hall–Kier alpha value is -2.51. The van der Waals surface area contributed by atoms with Crippen LogP contribution in [0, 0.1) is 0 Å². The first-order valence-electron chi connectivity index (χ1n) is 6.28. The average Bonchev–Trinajstić information content (AvgIpc) is 2.82. The summed E-state index contributed by atoms with van der Waals surface area (Å²) in [5.41, 5.74) is 0.380. The Kier molecular flexibility index (Phi) is 4.24. The molecular formula is C12H15N5O3. The summed E-state index contributed by atoms with van der Waals surface area (Å²) in [6.45, 7) is 4.78. The molecule has 8 nitrogen and oxygen atoms in total. The van der Waals surface area contributed by atoms with Crippen LogP contribution in [-0.4, -0.2) is 43.6 Å². The number of likely N-dealkylation sites (N-methyl/N-ethyl adjacent to an activating group) is 1. The van der Waals surface area contributed by atoms with E-state index in [1.807, 2.05) is 13.8 Å². The summed E-state index contributed by atoms with van der Waals surface area (Å²) in [5.74, 6) is -0.666. The minimum atomic E-state index is -0.689. The number of rotatable bonds is 5. The van der Waals surface area contributed by atoms with E-state index in [2.05, 4.69) is 19.6 Å². The van der Waals surface area contributed by atoms with Gasteiger partial charge in [0.25, 0.3) is 0 Å². The van der Waals surface area contributed by atoms with Gasteiger partial charge in [-0.05, 0) is 13.8 Å². The highest BCUT2D eigenvalue weighted by Gasteiger charge is 2.19. The van der Waals surface area contributed by atoms with E-state index in [0.717, 1.165) is 4.57 Å². The zero-order valence-corrected chi connectivity index (χ0v) is 11.3. The number of aromatic nitrogens is 4. The topological polar surface area (TPSA) is 94.1 Å². The molecular weight excluding hydrogens is 262 g/mol. The van der Waals surface area contributed by atoms with Crippen LogP contribution in [0.4, 0.5) is 0 Å². The third-order valence-corrected chi connectivity index (χ3v) is 2.89. The van der Waals surface area contributed by atoms with E-state index in [1.165, 1.54) is 18.6 Å². The van der Waals surface area contributed by atoms with Gasteiger partial charge in [-0.15, -0.1) is 0 Å². The molecule has 2 heterocycles. The fraction of sp³-hybridized carbons (Fsp3) is 0.417. The summed E-state index contributed by atoms with van der Waals surface area (Å²) in [6, 6.07) is 0. The predicted octanol–water partition coefficient (Wildman–Crippen LogP) is 0.162. The van der Waals surface area contributed by atoms with Crippen LogP contribution in [-0.2, 0) is 11.3 Å². The Morgan fingerprint density at radius 3 is 2.70 bits per heavy atom. The molecule has 0 saturated carbocycles. The summed E-state index contributed by atoms with van der Waals surface area (Å²) in [7, 11) is 0. The van der Waals surface area contributed by atoms with E-state index in [-0.39, 0.29) is 18.3 Å². The number of hydrogen-bond acceptors (Lipinski definition) is 6. The fourth-order valence-electron chi connectivity index (χ4n) is 1.82. The molecule has 2 rings (SSSR count). The Morgan fingerprint density at radius 1 is 1.35 bits per heavy atom. The molecule has 8 heteroatoms. The second-order valence-electron chi connectivity index (χ2n) is 4.01. The van der Waals surface area contributed by atoms with Crippen LogP contribution in [0.15, 0.2) is 27.9 Å². The van der Waals surface area contributed by atoms with Crippen molar-refractivity contribution in [1.82, 2.24) is 24.6 Å². The molecule has 2 aromatic heterocycles. The number of hydrogen-bond donors (Lipinski definition) is 0. The third kappa shape index (κ3) is 2.73. The van der Waals surface area contributed by atoms with Crippen LogP contribution in [0.1, 0.15) is 13.8 Å². The molecule has 0 saturated heterocycles. The van der Waals surface area contributed by atoms with Crippen LogP contribution in [0.2, 0.25) is 0 Å². The van der Waals surface area contributed by atoms with Gasteiger partial charge >= 0.3 is 5.76 Å². The first-order chi connectivity index (χ1) is 9.67. The minimum absolute atomic E-state index is 0.129. The highest BCUT2D eigenvalue weighted by molar-refractivity contribution is 5.76. The Balaban J connectivity index is 2.31. The standard InChI is InChI=1S/C12H15N5O3/c1-3-16(4-2)10(18)8-17-11(15-20-12(17)19)9-7-13-5-6-14-9/h5-7H,3-4,8H2,1-2H3. The SMILES string of the molecule is CCN(CC)C(=O)Cn1c(-c2cnccn2)noc1=O. The van der Waals surface area contributed by atoms with Gasteiger partial charge in [-0.2, -0.15) is 0 Å². The van der Waals surface area contributed by atoms with E-state index >= 15 is 0 Å². The molecule has 0 fully saturated rings. The second-order valence-corrected chi connectivity index (χ2v) is 4.01. The highest BCUT2D eigenvalue weighted by Crippen LogP contribution is 2.10. The Bertz CT molecular complexity index is 630. The number of carbonyl (C=O) groups is 1. The van der Waals surface area contributed by atoms with E-state index in [0.29, 0.717) is 18.8 Å². The van der Waals surface area contributed by atoms with Gasteiger partial charge in [0.2, 0.25) is 11.7 Å². The Labute approximate surface area is 115 Å². The molecule has 0 aromatic carbocycles. The third-order valence-electron chi connectivity index (χ3n) is 2.89. The van der Waals surface area contributed by atoms with Crippen LogP contribution >= 0.6 is 0 Å². The van der Waals surface area contributed by atoms with Gasteiger partial charge in [0.1, 0.15) is 12.2 Å². The first-order valence-corrected chi connectivity index (χ1v) is 6.28. The highest BCUT2D eigenvalue weighted by atomic mass is 16.5. The van der Waals surface area contributed by atoms with Crippen molar-refractivity contribution in [2.24, 2.45) is 0 Å². The lowest BCUT2D eigenvalue weighted by Crippen LogP contribution is -2.35. The molecule has 0 atom stereocenters. The van der Waals surface area contributed by atoms with E-state index in [4.69, 9.17) is 0 Å². The molecule has 20 heavy (non-hydrogen) atoms. The smallest absolute Gasteiger partial charge is 0.342 e. The first kappa shape index (κ1) is 13.9. The van der Waals surface area contributed by atoms with E-state index in [9.17, 15) is 9.59 Å². The molecule has 1 amide bonds. The van der Waals surface area contributed by atoms with Gasteiger partial charge in [-0.25, -0.2) is 14.3 Å². The van der Waals surface area contributed by atoms with Crippen molar-refractivity contribution < 1.29 is 9.32 Å². The average molecular weight is 277 g/mol. The maximum Gasteiger partial charge on any atom is 0.442 e. The molecule has 0 radical (unpaired) electrons. The molecule has 0 unspecified atom stereocenters. The van der Waals surface area contributed by atoms with Crippen molar-refractivity contribution >= 4 is 5.91 Å². The van der Waals surface area contributed by atoms with Crippen molar-refractivity contribution in [3.05, 3.63) is 29.1 Å². The summed E-state index contributed by atoms with van der Waals surface area (Å²) < 4.78 is 5.77. The van der Waals surface area contributed by atoms with Gasteiger partial charge in [0, 0.05) is 25.5 Å². The van der Waals surface area contributed by atoms with Crippen LogP contribution in [0.25, 0.3) is 11.5 Å². The lowest BCUT2D eigenvalue weighted by molar-refractivity contribution is -0.131. The maximum absolute atomic E-state index is 12.1. The molecule has 106 valence electrons. The monoisotopic (exact) mass is 277 g/mol. The minimum Gasteiger partial charge on any atom is -0.342 e. The van der Waals surface area contributed by atoms with Gasteiger partial charge < -0.3 is 4.90 Å². The van der Waals surface area contributed by atoms with Gasteiger partial charge in [-0.1, -0.05) is 5.16 Å². The van der Waals surface area contributed by atoms with E-state index in [1.54, 1.807) is 4.90 Å². The van der Waals surface area contributed by atoms with Crippen molar-refractivity contribution in [1.29, 1.82) is 0 Å². The van der Waals surface area contributed by atoms with Gasteiger partial charge in [0.15, 0.2) is 0 Å². The predicted molar refractivity (Wildman–Crippen MR) is 69.7 cm³/mol. The molecule has 0 aliphatic heterocycles. The quantitative estimate of drug-likeness (QED) is 0.772. The van der Waals surface area contributed by atoms with Crippen molar-refractivity contribution in [3.63, 3.8) is 0 Å². The maximum atomic E-state index is 12.1.